The first-order valence-corrected chi connectivity index (χ1v) is 9.76. The van der Waals surface area contributed by atoms with Crippen molar-refractivity contribution in [1.29, 1.82) is 0 Å². The maximum atomic E-state index is 5.71. The van der Waals surface area contributed by atoms with Gasteiger partial charge in [0, 0.05) is 18.2 Å². The van der Waals surface area contributed by atoms with Crippen LogP contribution in [0, 0.1) is 6.92 Å². The van der Waals surface area contributed by atoms with Gasteiger partial charge in [-0.3, -0.25) is 4.90 Å². The van der Waals surface area contributed by atoms with Gasteiger partial charge in [-0.2, -0.15) is 0 Å². The van der Waals surface area contributed by atoms with Crippen molar-refractivity contribution in [2.75, 3.05) is 27.9 Å². The number of hydrogen-bond donors (Lipinski definition) is 0. The fourth-order valence-corrected chi connectivity index (χ4v) is 4.12. The highest BCUT2D eigenvalue weighted by Crippen LogP contribution is 2.41. The number of methoxy groups -OCH3 is 3. The summed E-state index contributed by atoms with van der Waals surface area (Å²) in [5.41, 5.74) is 3.87. The Kier molecular flexibility index (Phi) is 6.62. The van der Waals surface area contributed by atoms with Gasteiger partial charge >= 0.3 is 0 Å². The smallest absolute Gasteiger partial charge is 0.203 e. The van der Waals surface area contributed by atoms with Crippen LogP contribution in [0.1, 0.15) is 48.4 Å². The Morgan fingerprint density at radius 1 is 0.926 bits per heavy atom. The van der Waals surface area contributed by atoms with Crippen LogP contribution in [-0.2, 0) is 6.54 Å². The second-order valence-electron chi connectivity index (χ2n) is 7.24. The number of nitrogens with zero attached hydrogens (tertiary/aromatic N) is 1. The molecular formula is C23H31NO3. The molecular weight excluding hydrogens is 338 g/mol. The Morgan fingerprint density at radius 3 is 2.44 bits per heavy atom. The van der Waals surface area contributed by atoms with E-state index in [9.17, 15) is 0 Å². The third-order valence-corrected chi connectivity index (χ3v) is 5.45. The second-order valence-corrected chi connectivity index (χ2v) is 7.24. The third-order valence-electron chi connectivity index (χ3n) is 5.45. The van der Waals surface area contributed by atoms with E-state index in [1.54, 1.807) is 21.3 Å². The van der Waals surface area contributed by atoms with Gasteiger partial charge in [0.2, 0.25) is 5.75 Å². The van der Waals surface area contributed by atoms with Crippen LogP contribution in [0.3, 0.4) is 0 Å². The average molecular weight is 370 g/mol. The molecule has 2 aromatic carbocycles. The molecule has 0 radical (unpaired) electrons. The summed E-state index contributed by atoms with van der Waals surface area (Å²) in [4.78, 5) is 2.59. The monoisotopic (exact) mass is 369 g/mol. The van der Waals surface area contributed by atoms with E-state index in [0.717, 1.165) is 24.4 Å². The first kappa shape index (κ1) is 19.6. The van der Waals surface area contributed by atoms with Gasteiger partial charge in [0.25, 0.3) is 0 Å². The molecule has 0 N–H and O–H groups in total. The van der Waals surface area contributed by atoms with Crippen LogP contribution in [0.5, 0.6) is 17.2 Å². The van der Waals surface area contributed by atoms with E-state index in [-0.39, 0.29) is 0 Å². The van der Waals surface area contributed by atoms with Crippen molar-refractivity contribution in [2.24, 2.45) is 0 Å². The van der Waals surface area contributed by atoms with E-state index in [4.69, 9.17) is 14.2 Å². The minimum absolute atomic E-state index is 0.435. The largest absolute Gasteiger partial charge is 0.493 e. The molecule has 1 aliphatic heterocycles. The average Bonchev–Trinajstić information content (AvgIpc) is 2.93. The standard InChI is InChI=1S/C23H31NO3/c1-17-9-8-10-18(15-17)20-11-6-5-7-14-24(20)16-19-12-13-21(25-2)23(27-4)22(19)26-3/h8-10,12-13,15,20H,5-7,11,14,16H2,1-4H3. The molecule has 1 unspecified atom stereocenters. The Hall–Kier alpha value is -2.20. The summed E-state index contributed by atoms with van der Waals surface area (Å²) in [6, 6.07) is 13.4. The van der Waals surface area contributed by atoms with Gasteiger partial charge < -0.3 is 14.2 Å². The first-order chi connectivity index (χ1) is 13.2. The normalized spacial score (nSPS) is 18.0. The molecule has 27 heavy (non-hydrogen) atoms. The van der Waals surface area contributed by atoms with Crippen molar-refractivity contribution in [3.63, 3.8) is 0 Å². The molecule has 1 heterocycles. The van der Waals surface area contributed by atoms with Crippen molar-refractivity contribution >= 4 is 0 Å². The van der Waals surface area contributed by atoms with Crippen molar-refractivity contribution in [3.05, 3.63) is 53.1 Å². The maximum Gasteiger partial charge on any atom is 0.203 e. The van der Waals surface area contributed by atoms with Gasteiger partial charge in [0.1, 0.15) is 0 Å². The summed E-state index contributed by atoms with van der Waals surface area (Å²) in [6.45, 7) is 4.10. The first-order valence-electron chi connectivity index (χ1n) is 9.76. The van der Waals surface area contributed by atoms with Crippen molar-refractivity contribution in [3.8, 4) is 17.2 Å². The highest BCUT2D eigenvalue weighted by Gasteiger charge is 2.25. The summed E-state index contributed by atoms with van der Waals surface area (Å²) >= 11 is 0. The van der Waals surface area contributed by atoms with Crippen molar-refractivity contribution in [1.82, 2.24) is 4.90 Å². The van der Waals surface area contributed by atoms with Gasteiger partial charge in [0.05, 0.1) is 21.3 Å². The van der Waals surface area contributed by atoms with E-state index in [1.807, 2.05) is 6.07 Å². The molecule has 1 saturated heterocycles. The van der Waals surface area contributed by atoms with E-state index in [2.05, 4.69) is 42.2 Å². The quantitative estimate of drug-likeness (QED) is 0.706. The lowest BCUT2D eigenvalue weighted by Gasteiger charge is -2.31. The molecule has 0 bridgehead atoms. The molecule has 0 spiro atoms. The van der Waals surface area contributed by atoms with E-state index >= 15 is 0 Å². The zero-order chi connectivity index (χ0) is 19.2. The minimum Gasteiger partial charge on any atom is -0.493 e. The zero-order valence-electron chi connectivity index (χ0n) is 17.0. The topological polar surface area (TPSA) is 30.9 Å². The molecule has 1 atom stereocenters. The number of rotatable bonds is 6. The van der Waals surface area contributed by atoms with Crippen molar-refractivity contribution < 1.29 is 14.2 Å². The maximum absolute atomic E-state index is 5.71. The molecule has 2 aromatic rings. The van der Waals surface area contributed by atoms with Crippen LogP contribution in [0.2, 0.25) is 0 Å². The van der Waals surface area contributed by atoms with E-state index < -0.39 is 0 Å². The predicted octanol–water partition coefficient (Wildman–Crippen LogP) is 5.14. The summed E-state index contributed by atoms with van der Waals surface area (Å²) in [7, 11) is 5.01. The summed E-state index contributed by atoms with van der Waals surface area (Å²) in [6.07, 6.45) is 5.00. The molecule has 1 aliphatic rings. The lowest BCUT2D eigenvalue weighted by Crippen LogP contribution is -2.28. The summed E-state index contributed by atoms with van der Waals surface area (Å²) in [5.74, 6) is 2.13. The number of aryl methyl sites for hydroxylation is 1. The Labute approximate surface area is 163 Å². The molecule has 0 saturated carbocycles. The Balaban J connectivity index is 1.93. The van der Waals surface area contributed by atoms with Gasteiger partial charge in [-0.15, -0.1) is 0 Å². The zero-order valence-corrected chi connectivity index (χ0v) is 17.0. The second kappa shape index (κ2) is 9.14. The fourth-order valence-electron chi connectivity index (χ4n) is 4.12. The molecule has 0 aromatic heterocycles. The van der Waals surface area contributed by atoms with E-state index in [1.165, 1.54) is 36.8 Å². The SMILES string of the molecule is COc1ccc(CN2CCCCCC2c2cccc(C)c2)c(OC)c1OC. The van der Waals surface area contributed by atoms with Crippen LogP contribution in [0.15, 0.2) is 36.4 Å². The van der Waals surface area contributed by atoms with Crippen LogP contribution < -0.4 is 14.2 Å². The molecule has 4 heteroatoms. The Morgan fingerprint density at radius 2 is 1.74 bits per heavy atom. The summed E-state index contributed by atoms with van der Waals surface area (Å²) < 4.78 is 16.7. The van der Waals surface area contributed by atoms with Crippen LogP contribution in [-0.4, -0.2) is 32.8 Å². The fraction of sp³-hybridized carbons (Fsp3) is 0.478. The number of ether oxygens (including phenoxy) is 3. The molecule has 4 nitrogen and oxygen atoms in total. The molecule has 1 fully saturated rings. The van der Waals surface area contributed by atoms with Gasteiger partial charge in [-0.25, -0.2) is 0 Å². The van der Waals surface area contributed by atoms with Crippen molar-refractivity contribution in [2.45, 2.75) is 45.2 Å². The summed E-state index contributed by atoms with van der Waals surface area (Å²) in [5, 5.41) is 0. The predicted molar refractivity (Wildman–Crippen MR) is 109 cm³/mol. The van der Waals surface area contributed by atoms with Crippen LogP contribution >= 0.6 is 0 Å². The lowest BCUT2D eigenvalue weighted by molar-refractivity contribution is 0.189. The molecule has 3 rings (SSSR count). The molecule has 0 amide bonds. The third kappa shape index (κ3) is 4.38. The number of hydrogen-bond acceptors (Lipinski definition) is 4. The minimum atomic E-state index is 0.435. The van der Waals surface area contributed by atoms with E-state index in [0.29, 0.717) is 17.5 Å². The Bertz CT molecular complexity index is 759. The lowest BCUT2D eigenvalue weighted by atomic mass is 9.98. The molecule has 0 aliphatic carbocycles. The highest BCUT2D eigenvalue weighted by molar-refractivity contribution is 5.55. The van der Waals surface area contributed by atoms with Crippen LogP contribution in [0.25, 0.3) is 0 Å². The highest BCUT2D eigenvalue weighted by atomic mass is 16.5. The molecule has 146 valence electrons. The number of likely N-dealkylation sites (tertiary alicyclic amines) is 1. The van der Waals surface area contributed by atoms with Gasteiger partial charge in [0.15, 0.2) is 11.5 Å². The van der Waals surface area contributed by atoms with Gasteiger partial charge in [-0.05, 0) is 37.9 Å². The van der Waals surface area contributed by atoms with Crippen LogP contribution in [0.4, 0.5) is 0 Å². The number of benzene rings is 2. The van der Waals surface area contributed by atoms with Gasteiger partial charge in [-0.1, -0.05) is 48.7 Å².